The molecule has 0 radical (unpaired) electrons. The molecule has 0 aromatic heterocycles. The highest BCUT2D eigenvalue weighted by molar-refractivity contribution is 5.91. The fraction of sp³-hybridized carbons (Fsp3) is 0.642. The van der Waals surface area contributed by atoms with Gasteiger partial charge >= 0.3 is 18.2 Å². The highest BCUT2D eigenvalue weighted by atomic mass is 16.6. The molecule has 8 atom stereocenters. The number of hydrogen-bond acceptors (Lipinski definition) is 10. The SMILES string of the molecule is CCCC(NC(=O)[C@@H]1CC(OC(=O)N2CCc3ccccc3C2)CN1C(=O)[C@@H](C)C(C)(C)C)C(O)C(=O)NC1CC1.C[C@H](C(=O)N1CC(OC(=O)N2CCc3ccccc3C2)C[C@H]1C(=O)O)C(C)(C)C. The highest BCUT2D eigenvalue weighted by Crippen LogP contribution is 2.34. The van der Waals surface area contributed by atoms with Crippen LogP contribution in [-0.2, 0) is 59.4 Å². The molecule has 17 nitrogen and oxygen atoms in total. The van der Waals surface area contributed by atoms with Gasteiger partial charge in [0.05, 0.1) is 19.1 Å². The smallest absolute Gasteiger partial charge is 0.410 e. The Morgan fingerprint density at radius 2 is 1.11 bits per heavy atom. The van der Waals surface area contributed by atoms with Crippen molar-refractivity contribution in [1.82, 2.24) is 30.2 Å². The first kappa shape index (κ1) is 53.6. The molecule has 4 aliphatic heterocycles. The molecule has 4 unspecified atom stereocenters. The van der Waals surface area contributed by atoms with Crippen molar-refractivity contribution in [1.29, 1.82) is 0 Å². The van der Waals surface area contributed by atoms with Gasteiger partial charge in [-0.15, -0.1) is 0 Å². The number of nitrogens with zero attached hydrogens (tertiary/aromatic N) is 4. The molecule has 384 valence electrons. The number of hydrogen-bond donors (Lipinski definition) is 4. The summed E-state index contributed by atoms with van der Waals surface area (Å²) in [4.78, 5) is 96.4. The maximum atomic E-state index is 13.7. The lowest BCUT2D eigenvalue weighted by Gasteiger charge is -2.33. The third-order valence-electron chi connectivity index (χ3n) is 14.8. The Kier molecular flexibility index (Phi) is 17.3. The van der Waals surface area contributed by atoms with Crippen LogP contribution in [0.25, 0.3) is 0 Å². The highest BCUT2D eigenvalue weighted by Gasteiger charge is 2.47. The topological polar surface area (TPSA) is 215 Å². The first-order chi connectivity index (χ1) is 33.0. The van der Waals surface area contributed by atoms with E-state index in [0.717, 1.165) is 36.8 Å². The van der Waals surface area contributed by atoms with E-state index >= 15 is 0 Å². The zero-order valence-corrected chi connectivity index (χ0v) is 42.6. The van der Waals surface area contributed by atoms with E-state index < -0.39 is 66.4 Å². The molecule has 4 heterocycles. The van der Waals surface area contributed by atoms with Gasteiger partial charge in [-0.3, -0.25) is 19.2 Å². The second-order valence-corrected chi connectivity index (χ2v) is 22.0. The van der Waals surface area contributed by atoms with Gasteiger partial charge in [-0.25, -0.2) is 14.4 Å². The summed E-state index contributed by atoms with van der Waals surface area (Å²) in [7, 11) is 0. The Balaban J connectivity index is 0.000000244. The largest absolute Gasteiger partial charge is 0.480 e. The van der Waals surface area contributed by atoms with Gasteiger partial charge in [0.2, 0.25) is 17.7 Å². The predicted molar refractivity (Wildman–Crippen MR) is 261 cm³/mol. The van der Waals surface area contributed by atoms with Crippen molar-refractivity contribution in [2.75, 3.05) is 26.2 Å². The Hall–Kier alpha value is -5.71. The van der Waals surface area contributed by atoms with Crippen LogP contribution in [0.3, 0.4) is 0 Å². The number of carboxylic acids is 1. The van der Waals surface area contributed by atoms with Gasteiger partial charge in [0.25, 0.3) is 5.91 Å². The molecule has 70 heavy (non-hydrogen) atoms. The number of aliphatic hydroxyl groups excluding tert-OH is 1. The molecule has 1 saturated carbocycles. The summed E-state index contributed by atoms with van der Waals surface area (Å²) in [5.74, 6) is -3.14. The van der Waals surface area contributed by atoms with Crippen LogP contribution in [0.1, 0.15) is 123 Å². The molecule has 7 rings (SSSR count). The van der Waals surface area contributed by atoms with Gasteiger partial charge in [0, 0.05) is 56.9 Å². The third kappa shape index (κ3) is 13.4. The number of benzene rings is 2. The number of aliphatic carboxylic acids is 1. The number of carbonyl (C=O) groups excluding carboxylic acids is 6. The van der Waals surface area contributed by atoms with E-state index in [9.17, 15) is 43.8 Å². The number of ether oxygens (including phenoxy) is 2. The van der Waals surface area contributed by atoms with Crippen LogP contribution in [0.2, 0.25) is 0 Å². The van der Waals surface area contributed by atoms with Crippen molar-refractivity contribution in [2.24, 2.45) is 22.7 Å². The zero-order valence-electron chi connectivity index (χ0n) is 42.6. The van der Waals surface area contributed by atoms with E-state index in [4.69, 9.17) is 9.47 Å². The van der Waals surface area contributed by atoms with Crippen molar-refractivity contribution in [2.45, 2.75) is 169 Å². The van der Waals surface area contributed by atoms with Crippen LogP contribution in [-0.4, -0.2) is 140 Å². The monoisotopic (exact) mass is 973 g/mol. The predicted octanol–water partition coefficient (Wildman–Crippen LogP) is 5.68. The molecule has 4 N–H and O–H groups in total. The number of carboxylic acid groups (broad SMARTS) is 1. The number of amides is 6. The normalized spacial score (nSPS) is 22.8. The van der Waals surface area contributed by atoms with Gasteiger partial charge in [-0.2, -0.15) is 0 Å². The van der Waals surface area contributed by atoms with E-state index in [-0.39, 0.29) is 66.5 Å². The van der Waals surface area contributed by atoms with Crippen LogP contribution < -0.4 is 10.6 Å². The van der Waals surface area contributed by atoms with Crippen molar-refractivity contribution in [3.8, 4) is 0 Å². The fourth-order valence-electron chi connectivity index (χ4n) is 9.31. The van der Waals surface area contributed by atoms with Gasteiger partial charge in [-0.05, 0) is 65.2 Å². The minimum Gasteiger partial charge on any atom is -0.480 e. The average Bonchev–Trinajstić information content (AvgIpc) is 3.87. The van der Waals surface area contributed by atoms with Crippen LogP contribution in [0.15, 0.2) is 48.5 Å². The lowest BCUT2D eigenvalue weighted by Crippen LogP contribution is -2.56. The number of fused-ring (bicyclic) bond motifs is 2. The summed E-state index contributed by atoms with van der Waals surface area (Å²) in [5.41, 5.74) is 4.02. The van der Waals surface area contributed by atoms with Crippen molar-refractivity contribution in [3.05, 3.63) is 70.8 Å². The number of rotatable bonds is 12. The van der Waals surface area contributed by atoms with E-state index in [1.165, 1.54) is 20.9 Å². The van der Waals surface area contributed by atoms with Gasteiger partial charge in [-0.1, -0.05) is 117 Å². The quantitative estimate of drug-likeness (QED) is 0.203. The van der Waals surface area contributed by atoms with E-state index in [1.807, 2.05) is 98.7 Å². The molecule has 0 spiro atoms. The van der Waals surface area contributed by atoms with Gasteiger partial charge < -0.3 is 49.9 Å². The van der Waals surface area contributed by atoms with Crippen molar-refractivity contribution < 1.29 is 53.2 Å². The average molecular weight is 973 g/mol. The molecular weight excluding hydrogens is 897 g/mol. The molecule has 2 aromatic rings. The number of aliphatic hydroxyl groups is 1. The van der Waals surface area contributed by atoms with Gasteiger partial charge in [0.1, 0.15) is 24.3 Å². The third-order valence-corrected chi connectivity index (χ3v) is 14.8. The summed E-state index contributed by atoms with van der Waals surface area (Å²) >= 11 is 0. The Morgan fingerprint density at radius 3 is 1.53 bits per heavy atom. The molecule has 0 bridgehead atoms. The first-order valence-electron chi connectivity index (χ1n) is 25.1. The lowest BCUT2D eigenvalue weighted by atomic mass is 9.81. The van der Waals surface area contributed by atoms with E-state index in [1.54, 1.807) is 9.80 Å². The molecule has 17 heteroatoms. The molecule has 2 saturated heterocycles. The number of likely N-dealkylation sites (tertiary alicyclic amines) is 2. The Labute approximate surface area is 413 Å². The maximum absolute atomic E-state index is 13.7. The molecule has 3 fully saturated rings. The molecular formula is C53H76N6O11. The standard InChI is InChI=1S/C31H46N4O6.C22H30N2O5/c1-6-9-24(26(36)28(38)32-22-12-13-22)33-27(37)25-16-23(18-35(25)29(39)19(2)31(3,4)5)41-30(40)34-15-14-20-10-7-8-11-21(20)17-34;1-14(22(2,3)4)19(25)24-13-17(11-18(24)20(26)27)29-21(28)23-10-9-15-7-5-6-8-16(15)12-23/h7-8,10-11,19,22-26,36H,6,9,12-18H2,1-5H3,(H,32,38)(H,33,37);5-8,14,17-18H,9-13H2,1-4H3,(H,26,27)/t19-,23?,24?,25+,26?;14-,17?,18+/m11/s1. The zero-order chi connectivity index (χ0) is 51.2. The summed E-state index contributed by atoms with van der Waals surface area (Å²) in [6.45, 7) is 19.6. The maximum Gasteiger partial charge on any atom is 0.410 e. The second kappa shape index (κ2) is 22.6. The van der Waals surface area contributed by atoms with Crippen LogP contribution in [0.5, 0.6) is 0 Å². The second-order valence-electron chi connectivity index (χ2n) is 22.0. The van der Waals surface area contributed by atoms with Crippen LogP contribution >= 0.6 is 0 Å². The summed E-state index contributed by atoms with van der Waals surface area (Å²) < 4.78 is 11.5. The summed E-state index contributed by atoms with van der Waals surface area (Å²) in [6, 6.07) is 13.4. The van der Waals surface area contributed by atoms with Crippen LogP contribution in [0, 0.1) is 22.7 Å². The Bertz CT molecular complexity index is 2240. The summed E-state index contributed by atoms with van der Waals surface area (Å²) in [6.07, 6.45) is 1.02. The molecule has 6 amide bonds. The van der Waals surface area contributed by atoms with Crippen molar-refractivity contribution >= 4 is 41.8 Å². The minimum atomic E-state index is -1.39. The molecule has 1 aliphatic carbocycles. The molecule has 2 aromatic carbocycles. The first-order valence-corrected chi connectivity index (χ1v) is 25.1. The minimum absolute atomic E-state index is 0.0841. The lowest BCUT2D eigenvalue weighted by molar-refractivity contribution is -0.151. The van der Waals surface area contributed by atoms with Crippen LogP contribution in [0.4, 0.5) is 9.59 Å². The Morgan fingerprint density at radius 1 is 0.686 bits per heavy atom. The number of carbonyl (C=O) groups is 7. The van der Waals surface area contributed by atoms with E-state index in [2.05, 4.69) is 22.8 Å². The molecule has 5 aliphatic rings. The van der Waals surface area contributed by atoms with Gasteiger partial charge in [0.15, 0.2) is 6.10 Å². The van der Waals surface area contributed by atoms with Crippen molar-refractivity contribution in [3.63, 3.8) is 0 Å². The van der Waals surface area contributed by atoms with E-state index in [0.29, 0.717) is 39.0 Å². The number of nitrogens with one attached hydrogen (secondary N) is 2. The summed E-state index contributed by atoms with van der Waals surface area (Å²) in [5, 5.41) is 26.0. The fourth-order valence-corrected chi connectivity index (χ4v) is 9.31.